The maximum Gasteiger partial charge on any atom is 0.133 e. The molecule has 0 aliphatic carbocycles. The molecule has 0 bridgehead atoms. The van der Waals surface area contributed by atoms with E-state index in [1.54, 1.807) is 0 Å². The van der Waals surface area contributed by atoms with Crippen molar-refractivity contribution in [1.29, 1.82) is 0 Å². The van der Waals surface area contributed by atoms with E-state index in [2.05, 4.69) is 40.3 Å². The third kappa shape index (κ3) is 1.07. The van der Waals surface area contributed by atoms with E-state index in [0.717, 1.165) is 24.9 Å². The van der Waals surface area contributed by atoms with Crippen LogP contribution < -0.4 is 10.7 Å². The number of hydrogen-bond donors (Lipinski definition) is 1. The minimum Gasteiger partial charge on any atom is -0.340 e. The molecular formula is C12H12N2. The van der Waals surface area contributed by atoms with Gasteiger partial charge in [-0.3, -0.25) is 4.99 Å². The summed E-state index contributed by atoms with van der Waals surface area (Å²) >= 11 is 0. The SMILES string of the molecule is C1=c2c([nH]c3ccccc23)=NCCC1. The normalized spacial score (nSPS) is 15.4. The Morgan fingerprint density at radius 3 is 3.14 bits per heavy atom. The van der Waals surface area contributed by atoms with Crippen LogP contribution in [0.5, 0.6) is 0 Å². The van der Waals surface area contributed by atoms with E-state index in [-0.39, 0.29) is 0 Å². The van der Waals surface area contributed by atoms with Crippen molar-refractivity contribution in [2.45, 2.75) is 12.8 Å². The Kier molecular flexibility index (Phi) is 1.66. The first-order valence-corrected chi connectivity index (χ1v) is 5.06. The Morgan fingerprint density at radius 1 is 1.21 bits per heavy atom. The van der Waals surface area contributed by atoms with E-state index >= 15 is 0 Å². The smallest absolute Gasteiger partial charge is 0.133 e. The van der Waals surface area contributed by atoms with Crippen LogP contribution in [0.25, 0.3) is 17.0 Å². The number of hydrogen-bond acceptors (Lipinski definition) is 1. The van der Waals surface area contributed by atoms with Crippen LogP contribution in [0.4, 0.5) is 0 Å². The van der Waals surface area contributed by atoms with Gasteiger partial charge in [-0.05, 0) is 18.9 Å². The summed E-state index contributed by atoms with van der Waals surface area (Å²) < 4.78 is 0. The van der Waals surface area contributed by atoms with E-state index in [4.69, 9.17) is 0 Å². The van der Waals surface area contributed by atoms with Crippen LogP contribution in [0.15, 0.2) is 29.3 Å². The summed E-state index contributed by atoms with van der Waals surface area (Å²) in [6.07, 6.45) is 4.60. The second-order valence-corrected chi connectivity index (χ2v) is 3.66. The first-order valence-electron chi connectivity index (χ1n) is 5.06. The molecular weight excluding hydrogens is 172 g/mol. The number of aromatic amines is 1. The van der Waals surface area contributed by atoms with Crippen LogP contribution >= 0.6 is 0 Å². The molecule has 0 fully saturated rings. The molecule has 2 aromatic rings. The standard InChI is InChI=1S/C12H12N2/c1-2-7-11-9(5-1)10-6-3-4-8-13-12(10)14-11/h1-2,5-7H,3-4,8H2,(H,13,14). The van der Waals surface area contributed by atoms with Crippen LogP contribution in [0.1, 0.15) is 12.8 Å². The van der Waals surface area contributed by atoms with Gasteiger partial charge in [-0.2, -0.15) is 0 Å². The van der Waals surface area contributed by atoms with Crippen molar-refractivity contribution in [2.24, 2.45) is 4.99 Å². The maximum atomic E-state index is 4.54. The van der Waals surface area contributed by atoms with Gasteiger partial charge in [0, 0.05) is 22.7 Å². The highest BCUT2D eigenvalue weighted by atomic mass is 14.8. The van der Waals surface area contributed by atoms with Crippen LogP contribution in [-0.2, 0) is 0 Å². The number of aromatic nitrogens is 1. The summed E-state index contributed by atoms with van der Waals surface area (Å²) in [6, 6.07) is 8.39. The van der Waals surface area contributed by atoms with E-state index < -0.39 is 0 Å². The molecule has 1 aromatic carbocycles. The fourth-order valence-electron chi connectivity index (χ4n) is 2.01. The molecule has 0 unspecified atom stereocenters. The van der Waals surface area contributed by atoms with Crippen molar-refractivity contribution in [2.75, 3.05) is 6.54 Å². The van der Waals surface area contributed by atoms with Crippen LogP contribution in [0.3, 0.4) is 0 Å². The maximum absolute atomic E-state index is 4.54. The van der Waals surface area contributed by atoms with Crippen molar-refractivity contribution >= 4 is 17.0 Å². The quantitative estimate of drug-likeness (QED) is 0.640. The van der Waals surface area contributed by atoms with E-state index in [1.165, 1.54) is 16.1 Å². The van der Waals surface area contributed by atoms with Gasteiger partial charge in [0.25, 0.3) is 0 Å². The minimum atomic E-state index is 0.941. The molecule has 2 heteroatoms. The lowest BCUT2D eigenvalue weighted by molar-refractivity contribution is 0.859. The molecule has 0 spiro atoms. The zero-order valence-electron chi connectivity index (χ0n) is 7.96. The average Bonchev–Trinajstić information content (AvgIpc) is 2.42. The first kappa shape index (κ1) is 7.80. The minimum absolute atomic E-state index is 0.941. The molecule has 1 N–H and O–H groups in total. The number of rotatable bonds is 0. The fourth-order valence-corrected chi connectivity index (χ4v) is 2.01. The van der Waals surface area contributed by atoms with Crippen LogP contribution in [0.2, 0.25) is 0 Å². The number of nitrogens with zero attached hydrogens (tertiary/aromatic N) is 1. The number of H-pyrrole nitrogens is 1. The molecule has 0 saturated carbocycles. The Balaban J connectivity index is 2.53. The summed E-state index contributed by atoms with van der Waals surface area (Å²) in [5.74, 6) is 0. The van der Waals surface area contributed by atoms with Gasteiger partial charge < -0.3 is 4.98 Å². The fraction of sp³-hybridized carbons (Fsp3) is 0.250. The van der Waals surface area contributed by atoms with Gasteiger partial charge in [0.2, 0.25) is 0 Å². The largest absolute Gasteiger partial charge is 0.340 e. The van der Waals surface area contributed by atoms with Gasteiger partial charge in [-0.25, -0.2) is 0 Å². The van der Waals surface area contributed by atoms with Crippen molar-refractivity contribution in [1.82, 2.24) is 4.98 Å². The Morgan fingerprint density at radius 2 is 2.14 bits per heavy atom. The molecule has 0 amide bonds. The van der Waals surface area contributed by atoms with Crippen molar-refractivity contribution in [3.8, 4) is 0 Å². The van der Waals surface area contributed by atoms with Gasteiger partial charge in [-0.15, -0.1) is 0 Å². The zero-order valence-corrected chi connectivity index (χ0v) is 7.96. The zero-order chi connectivity index (χ0) is 9.38. The predicted octanol–water partition coefficient (Wildman–Crippen LogP) is 1.36. The van der Waals surface area contributed by atoms with Crippen LogP contribution in [0, 0.1) is 0 Å². The molecule has 1 aromatic heterocycles. The van der Waals surface area contributed by atoms with Crippen molar-refractivity contribution < 1.29 is 0 Å². The Bertz CT molecular complexity index is 578. The molecule has 70 valence electrons. The molecule has 14 heavy (non-hydrogen) atoms. The highest BCUT2D eigenvalue weighted by molar-refractivity contribution is 5.80. The number of fused-ring (bicyclic) bond motifs is 3. The first-order chi connectivity index (χ1) is 6.95. The Labute approximate surface area is 82.0 Å². The number of benzene rings is 1. The lowest BCUT2D eigenvalue weighted by atomic mass is 10.2. The van der Waals surface area contributed by atoms with Gasteiger partial charge in [0.15, 0.2) is 0 Å². The average molecular weight is 184 g/mol. The van der Waals surface area contributed by atoms with Crippen molar-refractivity contribution in [3.63, 3.8) is 0 Å². The molecule has 0 atom stereocenters. The molecule has 3 rings (SSSR count). The summed E-state index contributed by atoms with van der Waals surface area (Å²) in [6.45, 7) is 0.941. The highest BCUT2D eigenvalue weighted by Crippen LogP contribution is 2.05. The van der Waals surface area contributed by atoms with Gasteiger partial charge in [0.05, 0.1) is 0 Å². The lowest BCUT2D eigenvalue weighted by Crippen LogP contribution is -2.22. The summed E-state index contributed by atoms with van der Waals surface area (Å²) in [5, 5.41) is 2.59. The summed E-state index contributed by atoms with van der Waals surface area (Å²) in [7, 11) is 0. The lowest BCUT2D eigenvalue weighted by Gasteiger charge is -1.87. The monoisotopic (exact) mass is 184 g/mol. The van der Waals surface area contributed by atoms with Gasteiger partial charge in [-0.1, -0.05) is 24.3 Å². The number of para-hydroxylation sites is 1. The predicted molar refractivity (Wildman–Crippen MR) is 57.6 cm³/mol. The molecule has 1 aliphatic rings. The van der Waals surface area contributed by atoms with Crippen LogP contribution in [-0.4, -0.2) is 11.5 Å². The Hall–Kier alpha value is -1.57. The topological polar surface area (TPSA) is 28.1 Å². The number of nitrogens with one attached hydrogen (secondary N) is 1. The molecule has 2 heterocycles. The van der Waals surface area contributed by atoms with E-state index in [1.807, 2.05) is 0 Å². The van der Waals surface area contributed by atoms with E-state index in [0.29, 0.717) is 0 Å². The van der Waals surface area contributed by atoms with Gasteiger partial charge in [0.1, 0.15) is 5.49 Å². The molecule has 1 aliphatic heterocycles. The highest BCUT2D eigenvalue weighted by Gasteiger charge is 2.01. The van der Waals surface area contributed by atoms with Crippen molar-refractivity contribution in [3.05, 3.63) is 35.0 Å². The second kappa shape index (κ2) is 2.98. The molecule has 0 radical (unpaired) electrons. The summed E-state index contributed by atoms with van der Waals surface area (Å²) in [4.78, 5) is 7.90. The third-order valence-electron chi connectivity index (χ3n) is 2.71. The summed E-state index contributed by atoms with van der Waals surface area (Å²) in [5.41, 5.74) is 2.25. The third-order valence-corrected chi connectivity index (χ3v) is 2.71. The van der Waals surface area contributed by atoms with Gasteiger partial charge >= 0.3 is 0 Å². The van der Waals surface area contributed by atoms with E-state index in [9.17, 15) is 0 Å². The molecule has 2 nitrogen and oxygen atoms in total. The molecule has 0 saturated heterocycles. The second-order valence-electron chi connectivity index (χ2n) is 3.66.